The van der Waals surface area contributed by atoms with Crippen LogP contribution < -0.4 is 0 Å². The van der Waals surface area contributed by atoms with Gasteiger partial charge in [0.15, 0.2) is 5.69 Å². The molecule has 1 saturated heterocycles. The zero-order chi connectivity index (χ0) is 16.7. The molecule has 0 aliphatic carbocycles. The van der Waals surface area contributed by atoms with Gasteiger partial charge < -0.3 is 9.67 Å². The number of nitrogens with zero attached hydrogens (tertiary/aromatic N) is 3. The molecule has 0 atom stereocenters. The first kappa shape index (κ1) is 15.5. The summed E-state index contributed by atoms with van der Waals surface area (Å²) in [5.74, 6) is 2.15. The lowest BCUT2D eigenvalue weighted by Crippen LogP contribution is -2.22. The summed E-state index contributed by atoms with van der Waals surface area (Å²) in [6, 6.07) is 13.7. The lowest BCUT2D eigenvalue weighted by molar-refractivity contribution is 0.406. The molecule has 4 nitrogen and oxygen atoms in total. The normalized spacial score (nSPS) is 15.2. The second-order valence-electron chi connectivity index (χ2n) is 5.93. The number of hydrogen-bond acceptors (Lipinski definition) is 4. The fourth-order valence-electron chi connectivity index (χ4n) is 2.82. The summed E-state index contributed by atoms with van der Waals surface area (Å²) in [6.45, 7) is 2.03. The Morgan fingerprint density at radius 2 is 1.88 bits per heavy atom. The Balaban J connectivity index is 1.83. The van der Waals surface area contributed by atoms with E-state index in [0.717, 1.165) is 28.1 Å². The van der Waals surface area contributed by atoms with Crippen LogP contribution in [0.5, 0.6) is 5.88 Å². The Morgan fingerprint density at radius 1 is 1.12 bits per heavy atom. The molecule has 0 bridgehead atoms. The maximum Gasteiger partial charge on any atom is 0.221 e. The quantitative estimate of drug-likeness (QED) is 0.583. The zero-order valence-electron chi connectivity index (χ0n) is 13.1. The van der Waals surface area contributed by atoms with Crippen LogP contribution >= 0.6 is 23.4 Å². The van der Waals surface area contributed by atoms with Crippen molar-refractivity contribution in [3.63, 3.8) is 0 Å². The van der Waals surface area contributed by atoms with Gasteiger partial charge in [0.25, 0.3) is 0 Å². The van der Waals surface area contributed by atoms with Crippen LogP contribution in [0.1, 0.15) is 11.6 Å². The van der Waals surface area contributed by atoms with Gasteiger partial charge in [-0.15, -0.1) is 5.11 Å². The van der Waals surface area contributed by atoms with Gasteiger partial charge in [0.05, 0.1) is 17.2 Å². The molecule has 6 heteroatoms. The summed E-state index contributed by atoms with van der Waals surface area (Å²) in [5.41, 5.74) is 3.34. The molecule has 2 heterocycles. The summed E-state index contributed by atoms with van der Waals surface area (Å²) in [6.07, 6.45) is 0. The molecule has 0 radical (unpaired) electrons. The average molecular weight is 358 g/mol. The molecule has 1 N–H and O–H groups in total. The van der Waals surface area contributed by atoms with Gasteiger partial charge in [-0.3, -0.25) is 0 Å². The fraction of sp³-hybridized carbons (Fsp3) is 0.222. The van der Waals surface area contributed by atoms with Crippen molar-refractivity contribution < 1.29 is 5.11 Å². The van der Waals surface area contributed by atoms with E-state index in [9.17, 15) is 5.11 Å². The van der Waals surface area contributed by atoms with E-state index in [-0.39, 0.29) is 5.88 Å². The highest BCUT2D eigenvalue weighted by molar-refractivity contribution is 8.00. The van der Waals surface area contributed by atoms with E-state index in [4.69, 9.17) is 11.6 Å². The van der Waals surface area contributed by atoms with Crippen molar-refractivity contribution in [3.8, 4) is 5.88 Å². The number of aryl methyl sites for hydroxylation is 1. The Morgan fingerprint density at radius 3 is 2.54 bits per heavy atom. The summed E-state index contributed by atoms with van der Waals surface area (Å²) < 4.78 is 1.95. The molecular weight excluding hydrogens is 342 g/mol. The van der Waals surface area contributed by atoms with E-state index >= 15 is 0 Å². The largest absolute Gasteiger partial charge is 0.493 e. The standard InChI is InChI=1S/C18H16ClN3OS/c1-11-2-5-13(6-3-11)20-21-17-15-8-12(19)4-7-16(15)22(18(17)23)14-9-24-10-14/h2-8,14,23H,9-10H2,1H3. The van der Waals surface area contributed by atoms with Crippen molar-refractivity contribution in [2.24, 2.45) is 10.2 Å². The lowest BCUT2D eigenvalue weighted by atomic mass is 10.2. The van der Waals surface area contributed by atoms with Gasteiger partial charge in [0.2, 0.25) is 5.88 Å². The van der Waals surface area contributed by atoms with Crippen molar-refractivity contribution in [1.82, 2.24) is 4.57 Å². The molecule has 24 heavy (non-hydrogen) atoms. The van der Waals surface area contributed by atoms with Crippen LogP contribution in [-0.4, -0.2) is 21.2 Å². The molecule has 1 aliphatic heterocycles. The summed E-state index contributed by atoms with van der Waals surface area (Å²) in [5, 5.41) is 20.8. The van der Waals surface area contributed by atoms with Crippen molar-refractivity contribution in [3.05, 3.63) is 53.1 Å². The molecule has 0 amide bonds. The highest BCUT2D eigenvalue weighted by Gasteiger charge is 2.27. The van der Waals surface area contributed by atoms with E-state index in [1.165, 1.54) is 5.56 Å². The topological polar surface area (TPSA) is 49.9 Å². The molecule has 4 rings (SSSR count). The second kappa shape index (κ2) is 6.15. The number of fused-ring (bicyclic) bond motifs is 1. The first-order valence-corrected chi connectivity index (χ1v) is 9.25. The Labute approximate surface area is 149 Å². The van der Waals surface area contributed by atoms with E-state index in [1.54, 1.807) is 0 Å². The van der Waals surface area contributed by atoms with Crippen molar-refractivity contribution in [2.45, 2.75) is 13.0 Å². The van der Waals surface area contributed by atoms with Gasteiger partial charge in [-0.1, -0.05) is 29.3 Å². The zero-order valence-corrected chi connectivity index (χ0v) is 14.7. The number of azo groups is 1. The van der Waals surface area contributed by atoms with Gasteiger partial charge in [0, 0.05) is 21.9 Å². The van der Waals surface area contributed by atoms with Crippen LogP contribution in [0.4, 0.5) is 11.4 Å². The van der Waals surface area contributed by atoms with Crippen LogP contribution in [0.25, 0.3) is 10.9 Å². The number of hydrogen-bond donors (Lipinski definition) is 1. The molecule has 3 aromatic rings. The molecule has 1 fully saturated rings. The monoisotopic (exact) mass is 357 g/mol. The Bertz CT molecular complexity index is 930. The maximum atomic E-state index is 10.7. The van der Waals surface area contributed by atoms with E-state index < -0.39 is 0 Å². The minimum absolute atomic E-state index is 0.161. The van der Waals surface area contributed by atoms with Crippen LogP contribution in [0.3, 0.4) is 0 Å². The number of aromatic nitrogens is 1. The minimum Gasteiger partial charge on any atom is -0.493 e. The smallest absolute Gasteiger partial charge is 0.221 e. The molecule has 122 valence electrons. The lowest BCUT2D eigenvalue weighted by Gasteiger charge is -2.27. The first-order valence-electron chi connectivity index (χ1n) is 7.72. The SMILES string of the molecule is Cc1ccc(N=Nc2c(O)n(C3CSC3)c3ccc(Cl)cc23)cc1. The molecule has 1 aromatic heterocycles. The predicted molar refractivity (Wildman–Crippen MR) is 100 cm³/mol. The van der Waals surface area contributed by atoms with Crippen LogP contribution in [0.15, 0.2) is 52.7 Å². The van der Waals surface area contributed by atoms with E-state index in [2.05, 4.69) is 10.2 Å². The van der Waals surface area contributed by atoms with Gasteiger partial charge in [-0.05, 0) is 37.3 Å². The van der Waals surface area contributed by atoms with Crippen LogP contribution in [0.2, 0.25) is 5.02 Å². The molecule has 0 saturated carbocycles. The fourth-order valence-corrected chi connectivity index (χ4v) is 3.73. The number of rotatable bonds is 3. The summed E-state index contributed by atoms with van der Waals surface area (Å²) >= 11 is 8.02. The van der Waals surface area contributed by atoms with Gasteiger partial charge >= 0.3 is 0 Å². The third-order valence-electron chi connectivity index (χ3n) is 4.20. The number of aromatic hydroxyl groups is 1. The number of benzene rings is 2. The van der Waals surface area contributed by atoms with Crippen molar-refractivity contribution in [2.75, 3.05) is 11.5 Å². The highest BCUT2D eigenvalue weighted by atomic mass is 35.5. The molecule has 0 unspecified atom stereocenters. The summed E-state index contributed by atoms with van der Waals surface area (Å²) in [4.78, 5) is 0. The van der Waals surface area contributed by atoms with Gasteiger partial charge in [0.1, 0.15) is 0 Å². The number of thioether (sulfide) groups is 1. The molecular formula is C18H16ClN3OS. The van der Waals surface area contributed by atoms with E-state index in [0.29, 0.717) is 16.8 Å². The Kier molecular flexibility index (Phi) is 3.98. The highest BCUT2D eigenvalue weighted by Crippen LogP contribution is 2.45. The molecule has 1 aliphatic rings. The minimum atomic E-state index is 0.161. The Hall–Kier alpha value is -1.98. The van der Waals surface area contributed by atoms with Gasteiger partial charge in [-0.25, -0.2) is 0 Å². The first-order chi connectivity index (χ1) is 11.6. The van der Waals surface area contributed by atoms with Crippen molar-refractivity contribution in [1.29, 1.82) is 0 Å². The summed E-state index contributed by atoms with van der Waals surface area (Å²) in [7, 11) is 0. The maximum absolute atomic E-state index is 10.7. The second-order valence-corrected chi connectivity index (χ2v) is 7.44. The van der Waals surface area contributed by atoms with Crippen LogP contribution in [-0.2, 0) is 0 Å². The van der Waals surface area contributed by atoms with Crippen LogP contribution in [0, 0.1) is 6.92 Å². The predicted octanol–water partition coefficient (Wildman–Crippen LogP) is 6.01. The third kappa shape index (κ3) is 2.68. The van der Waals surface area contributed by atoms with E-state index in [1.807, 2.05) is 65.7 Å². The molecule has 0 spiro atoms. The average Bonchev–Trinajstić information content (AvgIpc) is 2.78. The van der Waals surface area contributed by atoms with Gasteiger partial charge in [-0.2, -0.15) is 16.9 Å². The third-order valence-corrected chi connectivity index (χ3v) is 5.67. The van der Waals surface area contributed by atoms with Crippen molar-refractivity contribution >= 4 is 45.6 Å². The molecule has 2 aromatic carbocycles. The number of halogens is 1.